The van der Waals surface area contributed by atoms with E-state index in [9.17, 15) is 4.79 Å². The predicted molar refractivity (Wildman–Crippen MR) is 75.1 cm³/mol. The van der Waals surface area contributed by atoms with Gasteiger partial charge in [0.25, 0.3) is 5.91 Å². The van der Waals surface area contributed by atoms with E-state index in [0.29, 0.717) is 11.4 Å². The number of rotatable bonds is 3. The Labute approximate surface area is 118 Å². The van der Waals surface area contributed by atoms with Crippen LogP contribution in [0.25, 0.3) is 6.08 Å². The van der Waals surface area contributed by atoms with Crippen molar-refractivity contribution in [2.75, 3.05) is 5.32 Å². The van der Waals surface area contributed by atoms with Crippen molar-refractivity contribution in [1.82, 2.24) is 0 Å². The van der Waals surface area contributed by atoms with Gasteiger partial charge >= 0.3 is 0 Å². The van der Waals surface area contributed by atoms with Gasteiger partial charge in [0.05, 0.1) is 6.26 Å². The molecule has 0 unspecified atom stereocenters. The van der Waals surface area contributed by atoms with Crippen LogP contribution >= 0.6 is 15.9 Å². The molecular formula is C14H9BrN2O2. The maximum atomic E-state index is 11.9. The lowest BCUT2D eigenvalue weighted by Gasteiger charge is -2.03. The van der Waals surface area contributed by atoms with Gasteiger partial charge in [-0.1, -0.05) is 15.9 Å². The van der Waals surface area contributed by atoms with Crippen molar-refractivity contribution in [3.8, 4) is 6.07 Å². The SMILES string of the molecule is N#C/C(=C\c1ccco1)C(=O)Nc1ccc(Br)cc1. The minimum atomic E-state index is -0.471. The van der Waals surface area contributed by atoms with Crippen LogP contribution in [0.2, 0.25) is 0 Å². The van der Waals surface area contributed by atoms with Gasteiger partial charge < -0.3 is 9.73 Å². The summed E-state index contributed by atoms with van der Waals surface area (Å²) in [6.45, 7) is 0. The van der Waals surface area contributed by atoms with E-state index in [4.69, 9.17) is 9.68 Å². The molecule has 4 nitrogen and oxygen atoms in total. The number of carbonyl (C=O) groups excluding carboxylic acids is 1. The molecule has 0 atom stereocenters. The molecule has 1 N–H and O–H groups in total. The molecular weight excluding hydrogens is 308 g/mol. The third-order valence-corrected chi connectivity index (χ3v) is 2.83. The van der Waals surface area contributed by atoms with E-state index in [-0.39, 0.29) is 5.57 Å². The summed E-state index contributed by atoms with van der Waals surface area (Å²) in [6, 6.07) is 12.3. The number of benzene rings is 1. The average molecular weight is 317 g/mol. The molecule has 0 saturated carbocycles. The molecule has 1 aromatic carbocycles. The fraction of sp³-hybridized carbons (Fsp3) is 0. The molecule has 2 aromatic rings. The summed E-state index contributed by atoms with van der Waals surface area (Å²) in [7, 11) is 0. The minimum Gasteiger partial charge on any atom is -0.465 e. The number of hydrogen-bond donors (Lipinski definition) is 1. The molecule has 1 heterocycles. The fourth-order valence-electron chi connectivity index (χ4n) is 1.40. The number of halogens is 1. The van der Waals surface area contributed by atoms with E-state index in [1.165, 1.54) is 12.3 Å². The Morgan fingerprint density at radius 2 is 2.05 bits per heavy atom. The van der Waals surface area contributed by atoms with Crippen LogP contribution in [-0.2, 0) is 4.79 Å². The number of furan rings is 1. The summed E-state index contributed by atoms with van der Waals surface area (Å²) in [6.07, 6.45) is 2.88. The first kappa shape index (κ1) is 13.1. The Bertz CT molecular complexity index is 637. The van der Waals surface area contributed by atoms with Gasteiger partial charge in [0.2, 0.25) is 0 Å². The van der Waals surface area contributed by atoms with Gasteiger partial charge in [-0.3, -0.25) is 4.79 Å². The maximum absolute atomic E-state index is 11.9. The van der Waals surface area contributed by atoms with Gasteiger partial charge in [-0.2, -0.15) is 5.26 Å². The van der Waals surface area contributed by atoms with Crippen LogP contribution in [0.3, 0.4) is 0 Å². The highest BCUT2D eigenvalue weighted by Gasteiger charge is 2.10. The minimum absolute atomic E-state index is 0.0159. The molecule has 0 saturated heterocycles. The van der Waals surface area contributed by atoms with Gasteiger partial charge in [-0.25, -0.2) is 0 Å². The molecule has 0 spiro atoms. The first-order valence-corrected chi connectivity index (χ1v) is 6.20. The molecule has 0 aliphatic carbocycles. The molecule has 19 heavy (non-hydrogen) atoms. The number of nitrogens with one attached hydrogen (secondary N) is 1. The van der Waals surface area contributed by atoms with E-state index >= 15 is 0 Å². The van der Waals surface area contributed by atoms with Crippen LogP contribution in [-0.4, -0.2) is 5.91 Å². The summed E-state index contributed by atoms with van der Waals surface area (Å²) in [5.41, 5.74) is 0.603. The summed E-state index contributed by atoms with van der Waals surface area (Å²) in [5.74, 6) is -0.0104. The van der Waals surface area contributed by atoms with E-state index in [1.807, 2.05) is 6.07 Å². The normalized spacial score (nSPS) is 10.8. The Hall–Kier alpha value is -2.32. The van der Waals surface area contributed by atoms with Crippen molar-refractivity contribution in [2.45, 2.75) is 0 Å². The fourth-order valence-corrected chi connectivity index (χ4v) is 1.66. The second-order valence-corrected chi connectivity index (χ2v) is 4.56. The van der Waals surface area contributed by atoms with Crippen molar-refractivity contribution in [3.05, 3.63) is 58.5 Å². The zero-order valence-corrected chi connectivity index (χ0v) is 11.3. The van der Waals surface area contributed by atoms with Gasteiger partial charge in [0, 0.05) is 16.2 Å². The van der Waals surface area contributed by atoms with E-state index in [0.717, 1.165) is 4.47 Å². The zero-order valence-electron chi connectivity index (χ0n) is 9.76. The number of carbonyl (C=O) groups is 1. The van der Waals surface area contributed by atoms with Crippen molar-refractivity contribution in [3.63, 3.8) is 0 Å². The maximum Gasteiger partial charge on any atom is 0.266 e. The largest absolute Gasteiger partial charge is 0.465 e. The van der Waals surface area contributed by atoms with Crippen molar-refractivity contribution < 1.29 is 9.21 Å². The number of nitriles is 1. The van der Waals surface area contributed by atoms with Crippen LogP contribution in [0.5, 0.6) is 0 Å². The Balaban J connectivity index is 2.14. The number of anilines is 1. The van der Waals surface area contributed by atoms with Gasteiger partial charge in [-0.15, -0.1) is 0 Å². The summed E-state index contributed by atoms with van der Waals surface area (Å²) in [5, 5.41) is 11.6. The zero-order chi connectivity index (χ0) is 13.7. The standard InChI is InChI=1S/C14H9BrN2O2/c15-11-3-5-12(6-4-11)17-14(18)10(9-16)8-13-2-1-7-19-13/h1-8H,(H,17,18)/b10-8+. The van der Waals surface area contributed by atoms with Crippen LogP contribution < -0.4 is 5.32 Å². The number of nitrogens with zero attached hydrogens (tertiary/aromatic N) is 1. The summed E-state index contributed by atoms with van der Waals surface area (Å²) < 4.78 is 5.98. The monoisotopic (exact) mass is 316 g/mol. The Morgan fingerprint density at radius 3 is 2.63 bits per heavy atom. The molecule has 1 amide bonds. The second kappa shape index (κ2) is 6.03. The van der Waals surface area contributed by atoms with Crippen LogP contribution in [0.15, 0.2) is 57.1 Å². The molecule has 0 fully saturated rings. The van der Waals surface area contributed by atoms with E-state index in [1.54, 1.807) is 36.4 Å². The molecule has 2 rings (SSSR count). The highest BCUT2D eigenvalue weighted by atomic mass is 79.9. The molecule has 0 aliphatic heterocycles. The lowest BCUT2D eigenvalue weighted by molar-refractivity contribution is -0.112. The van der Waals surface area contributed by atoms with E-state index in [2.05, 4.69) is 21.2 Å². The van der Waals surface area contributed by atoms with Gasteiger partial charge in [0.1, 0.15) is 17.4 Å². The summed E-state index contributed by atoms with van der Waals surface area (Å²) >= 11 is 3.31. The van der Waals surface area contributed by atoms with E-state index < -0.39 is 5.91 Å². The van der Waals surface area contributed by atoms with Gasteiger partial charge in [-0.05, 0) is 36.4 Å². The van der Waals surface area contributed by atoms with Crippen LogP contribution in [0, 0.1) is 11.3 Å². The second-order valence-electron chi connectivity index (χ2n) is 3.65. The third kappa shape index (κ3) is 3.57. The smallest absolute Gasteiger partial charge is 0.266 e. The molecule has 5 heteroatoms. The first-order valence-electron chi connectivity index (χ1n) is 5.41. The molecule has 0 radical (unpaired) electrons. The van der Waals surface area contributed by atoms with Crippen molar-refractivity contribution >= 4 is 33.6 Å². The average Bonchev–Trinajstić information content (AvgIpc) is 2.91. The quantitative estimate of drug-likeness (QED) is 0.695. The molecule has 1 aromatic heterocycles. The predicted octanol–water partition coefficient (Wildman–Crippen LogP) is 3.59. The number of amides is 1. The Morgan fingerprint density at radius 1 is 1.32 bits per heavy atom. The van der Waals surface area contributed by atoms with Crippen molar-refractivity contribution in [1.29, 1.82) is 5.26 Å². The highest BCUT2D eigenvalue weighted by Crippen LogP contribution is 2.15. The van der Waals surface area contributed by atoms with Crippen LogP contribution in [0.4, 0.5) is 5.69 Å². The lowest BCUT2D eigenvalue weighted by Crippen LogP contribution is -2.13. The Kier molecular flexibility index (Phi) is 4.16. The first-order chi connectivity index (χ1) is 9.19. The summed E-state index contributed by atoms with van der Waals surface area (Å²) in [4.78, 5) is 11.9. The molecule has 0 bridgehead atoms. The van der Waals surface area contributed by atoms with Crippen molar-refractivity contribution in [2.24, 2.45) is 0 Å². The van der Waals surface area contributed by atoms with Gasteiger partial charge in [0.15, 0.2) is 0 Å². The topological polar surface area (TPSA) is 66.0 Å². The highest BCUT2D eigenvalue weighted by molar-refractivity contribution is 9.10. The molecule has 0 aliphatic rings. The third-order valence-electron chi connectivity index (χ3n) is 2.30. The number of hydrogen-bond acceptors (Lipinski definition) is 3. The molecule has 94 valence electrons. The lowest BCUT2D eigenvalue weighted by atomic mass is 10.2. The van der Waals surface area contributed by atoms with Crippen LogP contribution in [0.1, 0.15) is 5.76 Å².